The molecule has 1 aromatic carbocycles. The highest BCUT2D eigenvalue weighted by molar-refractivity contribution is 6.17. The summed E-state index contributed by atoms with van der Waals surface area (Å²) < 4.78 is 20.7. The fourth-order valence-electron chi connectivity index (χ4n) is 1.71. The molecule has 0 aliphatic carbocycles. The Morgan fingerprint density at radius 3 is 2.72 bits per heavy atom. The van der Waals surface area contributed by atoms with Crippen LogP contribution in [0.3, 0.4) is 0 Å². The third-order valence-corrected chi connectivity index (χ3v) is 3.05. The van der Waals surface area contributed by atoms with Gasteiger partial charge in [-0.2, -0.15) is 5.10 Å². The van der Waals surface area contributed by atoms with Crippen molar-refractivity contribution in [2.24, 2.45) is 7.05 Å². The molecule has 18 heavy (non-hydrogen) atoms. The summed E-state index contributed by atoms with van der Waals surface area (Å²) in [6.07, 6.45) is 0. The number of nitrogens with zero attached hydrogens (tertiary/aromatic N) is 2. The minimum atomic E-state index is -0.293. The topological polar surface area (TPSA) is 27.1 Å². The Balaban J connectivity index is 2.36. The number of alkyl halides is 1. The molecule has 0 radical (unpaired) electrons. The molecule has 0 atom stereocenters. The lowest BCUT2D eigenvalue weighted by Crippen LogP contribution is -1.97. The molecule has 0 fully saturated rings. The molecular weight excluding hydrogens is 255 g/mol. The molecule has 0 aliphatic heterocycles. The predicted molar refractivity (Wildman–Crippen MR) is 68.7 cm³/mol. The molecule has 0 bridgehead atoms. The minimum Gasteiger partial charge on any atom is -0.439 e. The number of ether oxygens (including phenoxy) is 1. The Labute approximate surface area is 110 Å². The number of aromatic nitrogens is 2. The van der Waals surface area contributed by atoms with Crippen molar-refractivity contribution in [2.45, 2.75) is 19.7 Å². The number of benzene rings is 1. The van der Waals surface area contributed by atoms with Crippen molar-refractivity contribution in [1.82, 2.24) is 9.78 Å². The lowest BCUT2D eigenvalue weighted by molar-refractivity contribution is 0.424. The smallest absolute Gasteiger partial charge is 0.222 e. The Kier molecular flexibility index (Phi) is 3.57. The molecule has 3 nitrogen and oxygen atoms in total. The summed E-state index contributed by atoms with van der Waals surface area (Å²) >= 11 is 5.87. The highest BCUT2D eigenvalue weighted by atomic mass is 35.5. The minimum absolute atomic E-state index is 0.293. The van der Waals surface area contributed by atoms with Gasteiger partial charge in [-0.25, -0.2) is 9.07 Å². The van der Waals surface area contributed by atoms with Crippen molar-refractivity contribution in [3.63, 3.8) is 0 Å². The van der Waals surface area contributed by atoms with Gasteiger partial charge in [-0.15, -0.1) is 11.6 Å². The Hall–Kier alpha value is -1.55. The SMILES string of the molecule is Cc1ccc(Oc2c(CCl)c(C)nn2C)cc1F. The van der Waals surface area contributed by atoms with Crippen LogP contribution in [0.25, 0.3) is 0 Å². The number of halogens is 2. The van der Waals surface area contributed by atoms with Crippen molar-refractivity contribution in [2.75, 3.05) is 0 Å². The lowest BCUT2D eigenvalue weighted by atomic mass is 10.2. The maximum absolute atomic E-state index is 13.4. The van der Waals surface area contributed by atoms with E-state index in [-0.39, 0.29) is 5.82 Å². The summed E-state index contributed by atoms with van der Waals surface area (Å²) in [5.41, 5.74) is 2.22. The maximum Gasteiger partial charge on any atom is 0.222 e. The van der Waals surface area contributed by atoms with Gasteiger partial charge < -0.3 is 4.74 Å². The normalized spacial score (nSPS) is 10.7. The van der Waals surface area contributed by atoms with Gasteiger partial charge in [-0.3, -0.25) is 0 Å². The fourth-order valence-corrected chi connectivity index (χ4v) is 2.02. The molecular formula is C13H14ClFN2O. The lowest BCUT2D eigenvalue weighted by Gasteiger charge is -2.08. The first-order valence-electron chi connectivity index (χ1n) is 5.55. The van der Waals surface area contributed by atoms with Crippen molar-refractivity contribution < 1.29 is 9.13 Å². The first kappa shape index (κ1) is 12.9. The summed E-state index contributed by atoms with van der Waals surface area (Å²) in [6, 6.07) is 4.75. The molecule has 0 saturated carbocycles. The van der Waals surface area contributed by atoms with Crippen molar-refractivity contribution in [3.8, 4) is 11.6 Å². The van der Waals surface area contributed by atoms with Crippen LogP contribution in [0.4, 0.5) is 4.39 Å². The molecule has 0 unspecified atom stereocenters. The van der Waals surface area contributed by atoms with Crippen molar-refractivity contribution >= 4 is 11.6 Å². The second-order valence-corrected chi connectivity index (χ2v) is 4.41. The zero-order valence-corrected chi connectivity index (χ0v) is 11.3. The molecule has 0 spiro atoms. The molecule has 0 aliphatic rings. The molecule has 0 N–H and O–H groups in total. The Bertz CT molecular complexity index is 581. The molecule has 5 heteroatoms. The number of rotatable bonds is 3. The standard InChI is InChI=1S/C13H14ClFN2O/c1-8-4-5-10(6-12(8)15)18-13-11(7-14)9(2)16-17(13)3/h4-6H,7H2,1-3H3. The molecule has 0 saturated heterocycles. The van der Waals surface area contributed by atoms with Gasteiger partial charge in [0.2, 0.25) is 5.88 Å². The van der Waals surface area contributed by atoms with E-state index in [1.165, 1.54) is 6.07 Å². The molecule has 1 heterocycles. The monoisotopic (exact) mass is 268 g/mol. The third kappa shape index (κ3) is 2.34. The van der Waals surface area contributed by atoms with Gasteiger partial charge >= 0.3 is 0 Å². The van der Waals surface area contributed by atoms with Crippen LogP contribution in [0, 0.1) is 19.7 Å². The zero-order valence-electron chi connectivity index (χ0n) is 10.5. The predicted octanol–water partition coefficient (Wildman–Crippen LogP) is 3.71. The second-order valence-electron chi connectivity index (χ2n) is 4.14. The quantitative estimate of drug-likeness (QED) is 0.794. The van der Waals surface area contributed by atoms with E-state index in [9.17, 15) is 4.39 Å². The number of hydrogen-bond acceptors (Lipinski definition) is 2. The summed E-state index contributed by atoms with van der Waals surface area (Å²) in [4.78, 5) is 0. The van der Waals surface area contributed by atoms with E-state index < -0.39 is 0 Å². The van der Waals surface area contributed by atoms with Crippen molar-refractivity contribution in [3.05, 3.63) is 40.8 Å². The molecule has 1 aromatic heterocycles. The molecule has 2 aromatic rings. The third-order valence-electron chi connectivity index (χ3n) is 2.78. The van der Waals surface area contributed by atoms with Crippen molar-refractivity contribution in [1.29, 1.82) is 0 Å². The van der Waals surface area contributed by atoms with E-state index in [0.717, 1.165) is 11.3 Å². The molecule has 96 valence electrons. The summed E-state index contributed by atoms with van der Waals surface area (Å²) in [6.45, 7) is 3.57. The Morgan fingerprint density at radius 1 is 1.39 bits per heavy atom. The van der Waals surface area contributed by atoms with Gasteiger partial charge in [-0.1, -0.05) is 6.07 Å². The van der Waals surface area contributed by atoms with Crippen LogP contribution in [0.5, 0.6) is 11.6 Å². The summed E-state index contributed by atoms with van der Waals surface area (Å²) in [5.74, 6) is 1.00. The van der Waals surface area contributed by atoms with Crippen LogP contribution in [0.1, 0.15) is 16.8 Å². The van der Waals surface area contributed by atoms with Gasteiger partial charge in [0, 0.05) is 13.1 Å². The van der Waals surface area contributed by atoms with Gasteiger partial charge in [-0.05, 0) is 25.5 Å². The highest BCUT2D eigenvalue weighted by Gasteiger charge is 2.14. The first-order valence-corrected chi connectivity index (χ1v) is 6.09. The van der Waals surface area contributed by atoms with Gasteiger partial charge in [0.15, 0.2) is 0 Å². The van der Waals surface area contributed by atoms with Gasteiger partial charge in [0.25, 0.3) is 0 Å². The molecule has 0 amide bonds. The maximum atomic E-state index is 13.4. The van der Waals surface area contributed by atoms with E-state index in [0.29, 0.717) is 23.1 Å². The second kappa shape index (κ2) is 4.98. The van der Waals surface area contributed by atoms with Crippen LogP contribution in [0.15, 0.2) is 18.2 Å². The van der Waals surface area contributed by atoms with E-state index >= 15 is 0 Å². The number of aryl methyl sites for hydroxylation is 3. The van der Waals surface area contributed by atoms with Gasteiger partial charge in [0.1, 0.15) is 11.6 Å². The fraction of sp³-hybridized carbons (Fsp3) is 0.308. The number of hydrogen-bond donors (Lipinski definition) is 0. The highest BCUT2D eigenvalue weighted by Crippen LogP contribution is 2.29. The van der Waals surface area contributed by atoms with Crippen LogP contribution >= 0.6 is 11.6 Å². The van der Waals surface area contributed by atoms with Crippen LogP contribution in [-0.4, -0.2) is 9.78 Å². The van der Waals surface area contributed by atoms with E-state index in [2.05, 4.69) is 5.10 Å². The van der Waals surface area contributed by atoms with Gasteiger partial charge in [0.05, 0.1) is 17.1 Å². The van der Waals surface area contributed by atoms with Crippen LogP contribution in [0.2, 0.25) is 0 Å². The van der Waals surface area contributed by atoms with Crippen LogP contribution < -0.4 is 4.74 Å². The largest absolute Gasteiger partial charge is 0.439 e. The molecule has 2 rings (SSSR count). The first-order chi connectivity index (χ1) is 8.52. The Morgan fingerprint density at radius 2 is 2.11 bits per heavy atom. The van der Waals surface area contributed by atoms with Crippen LogP contribution in [-0.2, 0) is 12.9 Å². The van der Waals surface area contributed by atoms with E-state index in [1.54, 1.807) is 30.8 Å². The van der Waals surface area contributed by atoms with E-state index in [4.69, 9.17) is 16.3 Å². The average molecular weight is 269 g/mol. The summed E-state index contributed by atoms with van der Waals surface area (Å²) in [5, 5.41) is 4.23. The summed E-state index contributed by atoms with van der Waals surface area (Å²) in [7, 11) is 1.77. The zero-order chi connectivity index (χ0) is 13.3. The average Bonchev–Trinajstić information content (AvgIpc) is 2.58. The van der Waals surface area contributed by atoms with E-state index in [1.807, 2.05) is 6.92 Å².